The van der Waals surface area contributed by atoms with E-state index in [4.69, 9.17) is 4.74 Å². The van der Waals surface area contributed by atoms with Gasteiger partial charge in [-0.1, -0.05) is 0 Å². The van der Waals surface area contributed by atoms with Crippen molar-refractivity contribution in [2.75, 3.05) is 13.2 Å². The summed E-state index contributed by atoms with van der Waals surface area (Å²) in [5, 5.41) is 10.5. The van der Waals surface area contributed by atoms with Gasteiger partial charge >= 0.3 is 5.69 Å². The second kappa shape index (κ2) is 5.08. The molecule has 0 aliphatic carbocycles. The summed E-state index contributed by atoms with van der Waals surface area (Å²) >= 11 is 0. The van der Waals surface area contributed by atoms with Crippen molar-refractivity contribution >= 4 is 15.7 Å². The first-order valence-corrected chi connectivity index (χ1v) is 7.27. The molecule has 1 unspecified atom stereocenters. The summed E-state index contributed by atoms with van der Waals surface area (Å²) in [4.78, 5) is 9.23. The molecule has 0 amide bonds. The minimum Gasteiger partial charge on any atom is -0.379 e. The summed E-state index contributed by atoms with van der Waals surface area (Å²) < 4.78 is 45.3. The third-order valence-electron chi connectivity index (χ3n) is 3.03. The molecule has 1 aliphatic rings. The summed E-state index contributed by atoms with van der Waals surface area (Å²) in [7, 11) is -3.96. The maximum absolute atomic E-state index is 13.5. The second-order valence-electron chi connectivity index (χ2n) is 4.84. The van der Waals surface area contributed by atoms with Gasteiger partial charge in [-0.2, -0.15) is 4.39 Å². The van der Waals surface area contributed by atoms with Gasteiger partial charge in [0, 0.05) is 18.7 Å². The van der Waals surface area contributed by atoms with E-state index in [1.807, 2.05) is 0 Å². The fraction of sp³-hybridized carbons (Fsp3) is 0.455. The average Bonchev–Trinajstić information content (AvgIpc) is 2.74. The van der Waals surface area contributed by atoms with E-state index in [-0.39, 0.29) is 11.5 Å². The molecule has 110 valence electrons. The molecule has 20 heavy (non-hydrogen) atoms. The Kier molecular flexibility index (Phi) is 3.76. The molecule has 1 aliphatic heterocycles. The minimum absolute atomic E-state index is 0.224. The van der Waals surface area contributed by atoms with Crippen molar-refractivity contribution in [3.05, 3.63) is 34.1 Å². The predicted molar refractivity (Wildman–Crippen MR) is 67.2 cm³/mol. The van der Waals surface area contributed by atoms with Crippen molar-refractivity contribution in [2.45, 2.75) is 23.8 Å². The summed E-state index contributed by atoms with van der Waals surface area (Å²) in [5.74, 6) is -1.19. The van der Waals surface area contributed by atoms with Crippen molar-refractivity contribution in [1.29, 1.82) is 0 Å². The maximum Gasteiger partial charge on any atom is 0.304 e. The highest BCUT2D eigenvalue weighted by Gasteiger charge is 2.35. The third-order valence-corrected chi connectivity index (χ3v) is 4.66. The molecule has 9 heteroatoms. The molecular weight excluding hydrogens is 291 g/mol. The van der Waals surface area contributed by atoms with Crippen LogP contribution >= 0.6 is 0 Å². The monoisotopic (exact) mass is 304 g/mol. The Balaban J connectivity index is 2.30. The van der Waals surface area contributed by atoms with E-state index in [1.165, 1.54) is 0 Å². The lowest BCUT2D eigenvalue weighted by Crippen LogP contribution is -2.46. The summed E-state index contributed by atoms with van der Waals surface area (Å²) in [6.45, 7) is 2.34. The maximum atomic E-state index is 13.5. The van der Waals surface area contributed by atoms with E-state index in [1.54, 1.807) is 6.92 Å². The van der Waals surface area contributed by atoms with Gasteiger partial charge in [-0.05, 0) is 19.4 Å². The van der Waals surface area contributed by atoms with Crippen molar-refractivity contribution in [2.24, 2.45) is 0 Å². The lowest BCUT2D eigenvalue weighted by atomic mass is 10.0. The highest BCUT2D eigenvalue weighted by Crippen LogP contribution is 2.24. The van der Waals surface area contributed by atoms with Crippen molar-refractivity contribution in [1.82, 2.24) is 4.72 Å². The molecule has 0 bridgehead atoms. The summed E-state index contributed by atoms with van der Waals surface area (Å²) in [6, 6.07) is 2.47. The molecular formula is C11H13FN2O5S. The molecule has 1 fully saturated rings. The van der Waals surface area contributed by atoms with Crippen LogP contribution in [0.1, 0.15) is 13.3 Å². The van der Waals surface area contributed by atoms with Crippen LogP contribution in [0.5, 0.6) is 0 Å². The number of halogens is 1. The zero-order valence-electron chi connectivity index (χ0n) is 10.6. The number of benzene rings is 1. The van der Waals surface area contributed by atoms with Gasteiger partial charge in [0.25, 0.3) is 0 Å². The SMILES string of the molecule is CC1(NS(=O)(=O)c2ccc([N+](=O)[O-])c(F)c2)CCOC1. The Labute approximate surface area is 114 Å². The van der Waals surface area contributed by atoms with Gasteiger partial charge in [0.2, 0.25) is 15.8 Å². The molecule has 0 aromatic heterocycles. The number of nitrogens with one attached hydrogen (secondary N) is 1. The molecule has 1 heterocycles. The van der Waals surface area contributed by atoms with Gasteiger partial charge < -0.3 is 4.74 Å². The first-order valence-electron chi connectivity index (χ1n) is 5.79. The Morgan fingerprint density at radius 3 is 2.70 bits per heavy atom. The van der Waals surface area contributed by atoms with Crippen LogP contribution in [-0.2, 0) is 14.8 Å². The summed E-state index contributed by atoms with van der Waals surface area (Å²) in [6.07, 6.45) is 0.502. The molecule has 1 N–H and O–H groups in total. The van der Waals surface area contributed by atoms with Crippen molar-refractivity contribution < 1.29 is 22.5 Å². The number of rotatable bonds is 4. The zero-order chi connectivity index (χ0) is 15.0. The van der Waals surface area contributed by atoms with Gasteiger partial charge in [0.05, 0.1) is 22.0 Å². The molecule has 0 saturated carbocycles. The second-order valence-corrected chi connectivity index (χ2v) is 6.52. The smallest absolute Gasteiger partial charge is 0.304 e. The van der Waals surface area contributed by atoms with Gasteiger partial charge in [0.15, 0.2) is 0 Å². The number of nitrogens with zero attached hydrogens (tertiary/aromatic N) is 1. The van der Waals surface area contributed by atoms with Gasteiger partial charge in [0.1, 0.15) is 0 Å². The first kappa shape index (κ1) is 14.8. The van der Waals surface area contributed by atoms with Crippen LogP contribution in [0, 0.1) is 15.9 Å². The number of nitro groups is 1. The Morgan fingerprint density at radius 2 is 2.20 bits per heavy atom. The minimum atomic E-state index is -3.96. The molecule has 0 spiro atoms. The van der Waals surface area contributed by atoms with Crippen LogP contribution in [0.25, 0.3) is 0 Å². The molecule has 7 nitrogen and oxygen atoms in total. The third kappa shape index (κ3) is 2.94. The highest BCUT2D eigenvalue weighted by molar-refractivity contribution is 7.89. The fourth-order valence-corrected chi connectivity index (χ4v) is 3.37. The van der Waals surface area contributed by atoms with E-state index in [2.05, 4.69) is 4.72 Å². The van der Waals surface area contributed by atoms with Crippen LogP contribution in [-0.4, -0.2) is 32.1 Å². The van der Waals surface area contributed by atoms with E-state index < -0.39 is 32.0 Å². The molecule has 1 aromatic rings. The lowest BCUT2D eigenvalue weighted by molar-refractivity contribution is -0.387. The number of hydrogen-bond donors (Lipinski definition) is 1. The molecule has 2 rings (SSSR count). The van der Waals surface area contributed by atoms with E-state index in [0.29, 0.717) is 19.1 Å². The average molecular weight is 304 g/mol. The van der Waals surface area contributed by atoms with Crippen molar-refractivity contribution in [3.8, 4) is 0 Å². The van der Waals surface area contributed by atoms with E-state index >= 15 is 0 Å². The molecule has 0 radical (unpaired) electrons. The van der Waals surface area contributed by atoms with Gasteiger partial charge in [-0.25, -0.2) is 13.1 Å². The number of nitro benzene ring substituents is 1. The number of ether oxygens (including phenoxy) is 1. The van der Waals surface area contributed by atoms with Crippen LogP contribution in [0.15, 0.2) is 23.1 Å². The quantitative estimate of drug-likeness (QED) is 0.665. The predicted octanol–water partition coefficient (Wildman–Crippen LogP) is 1.19. The van der Waals surface area contributed by atoms with Crippen LogP contribution < -0.4 is 4.72 Å². The van der Waals surface area contributed by atoms with Gasteiger partial charge in [-0.15, -0.1) is 0 Å². The van der Waals surface area contributed by atoms with E-state index in [9.17, 15) is 22.9 Å². The molecule has 1 atom stereocenters. The number of sulfonamides is 1. The molecule has 1 saturated heterocycles. The normalized spacial score (nSPS) is 22.9. The van der Waals surface area contributed by atoms with Crippen LogP contribution in [0.2, 0.25) is 0 Å². The van der Waals surface area contributed by atoms with E-state index in [0.717, 1.165) is 12.1 Å². The largest absolute Gasteiger partial charge is 0.379 e. The zero-order valence-corrected chi connectivity index (χ0v) is 11.4. The standard InChI is InChI=1S/C11H13FN2O5S/c1-11(4-5-19-7-11)13-20(17,18)8-2-3-10(14(15)16)9(12)6-8/h2-3,6,13H,4-5,7H2,1H3. The lowest BCUT2D eigenvalue weighted by Gasteiger charge is -2.23. The first-order chi connectivity index (χ1) is 9.23. The van der Waals surface area contributed by atoms with Gasteiger partial charge in [-0.3, -0.25) is 10.1 Å². The van der Waals surface area contributed by atoms with Crippen molar-refractivity contribution in [3.63, 3.8) is 0 Å². The fourth-order valence-electron chi connectivity index (χ4n) is 1.93. The highest BCUT2D eigenvalue weighted by atomic mass is 32.2. The molecule has 1 aromatic carbocycles. The topological polar surface area (TPSA) is 98.5 Å². The van der Waals surface area contributed by atoms with Crippen LogP contribution in [0.4, 0.5) is 10.1 Å². The Hall–Kier alpha value is -1.58. The number of hydrogen-bond acceptors (Lipinski definition) is 5. The van der Waals surface area contributed by atoms with Crippen LogP contribution in [0.3, 0.4) is 0 Å². The Morgan fingerprint density at radius 1 is 1.50 bits per heavy atom. The Bertz CT molecular complexity index is 640. The summed E-state index contributed by atoms with van der Waals surface area (Å²) in [5.41, 5.74) is -1.52.